The van der Waals surface area contributed by atoms with Crippen LogP contribution in [0.3, 0.4) is 0 Å². The first-order valence-corrected chi connectivity index (χ1v) is 17.0. The van der Waals surface area contributed by atoms with Crippen LogP contribution in [-0.2, 0) is 25.8 Å². The zero-order valence-electron chi connectivity index (χ0n) is 25.8. The minimum Gasteiger partial charge on any atom is -0.506 e. The number of fused-ring (bicyclic) bond motifs is 1. The molecule has 0 atom stereocenters. The van der Waals surface area contributed by atoms with Crippen molar-refractivity contribution >= 4 is 72.4 Å². The fourth-order valence-electron chi connectivity index (χ4n) is 4.43. The van der Waals surface area contributed by atoms with Crippen molar-refractivity contribution < 1.29 is 46.2 Å². The maximum Gasteiger partial charge on any atom is 0.328 e. The van der Waals surface area contributed by atoms with E-state index in [1.165, 1.54) is 30.3 Å². The Morgan fingerprint density at radius 1 is 0.920 bits per heavy atom. The third kappa shape index (κ3) is 9.06. The predicted octanol–water partition coefficient (Wildman–Crippen LogP) is 5.16. The summed E-state index contributed by atoms with van der Waals surface area (Å²) in [5.41, 5.74) is 0.676. The number of aromatic hydroxyl groups is 2. The van der Waals surface area contributed by atoms with Crippen molar-refractivity contribution in [2.45, 2.75) is 24.7 Å². The lowest BCUT2D eigenvalue weighted by atomic mass is 10.1. The van der Waals surface area contributed by atoms with Crippen LogP contribution >= 0.6 is 0 Å². The molecule has 0 amide bonds. The zero-order valence-corrected chi connectivity index (χ0v) is 27.5. The number of rotatable bonds is 14. The number of anilines is 4. The Morgan fingerprint density at radius 2 is 1.64 bits per heavy atom. The molecule has 0 spiro atoms. The Labute approximate surface area is 285 Å². The lowest BCUT2D eigenvalue weighted by Crippen LogP contribution is -2.11. The molecule has 5 rings (SSSR count). The molecule has 50 heavy (non-hydrogen) atoms. The van der Waals surface area contributed by atoms with E-state index < -0.39 is 37.6 Å². The molecular formula is C30H28N8O10S2. The van der Waals surface area contributed by atoms with Gasteiger partial charge in [0.05, 0.1) is 16.3 Å². The molecule has 5 aromatic rings. The van der Waals surface area contributed by atoms with E-state index in [4.69, 9.17) is 9.84 Å². The molecule has 1 aromatic heterocycles. The molecular weight excluding hydrogens is 697 g/mol. The highest BCUT2D eigenvalue weighted by Gasteiger charge is 2.20. The lowest BCUT2D eigenvalue weighted by Gasteiger charge is -2.14. The molecule has 1 heterocycles. The summed E-state index contributed by atoms with van der Waals surface area (Å²) in [4.78, 5) is 23.2. The number of phenolic OH excluding ortho intramolecular Hbond substituents is 2. The van der Waals surface area contributed by atoms with Crippen LogP contribution in [-0.4, -0.2) is 64.2 Å². The Hall–Kier alpha value is -6.12. The van der Waals surface area contributed by atoms with Crippen LogP contribution in [0.15, 0.2) is 81.9 Å². The minimum atomic E-state index is -4.76. The summed E-state index contributed by atoms with van der Waals surface area (Å²) in [6, 6.07) is 15.3. The molecule has 0 fully saturated rings. The highest BCUT2D eigenvalue weighted by molar-refractivity contribution is 7.85. The quantitative estimate of drug-likeness (QED) is 0.0241. The van der Waals surface area contributed by atoms with E-state index in [9.17, 15) is 36.4 Å². The molecule has 0 aliphatic heterocycles. The first kappa shape index (κ1) is 35.2. The number of carbonyl (C=O) groups is 1. The van der Waals surface area contributed by atoms with Crippen molar-refractivity contribution in [3.63, 3.8) is 0 Å². The monoisotopic (exact) mass is 724 g/mol. The lowest BCUT2D eigenvalue weighted by molar-refractivity contribution is -0.137. The SMILES string of the molecule is Cc1ccc(Oc2nc(NCCCC(=O)O)nc(Nc3cc(S(=O)(=O)O)cc4ccc(N=Nc5cc(N[SH](=O)=O)ccc5O)c(O)c34)n2)cc1. The molecule has 0 bridgehead atoms. The first-order chi connectivity index (χ1) is 23.7. The molecule has 20 heteroatoms. The highest BCUT2D eigenvalue weighted by atomic mass is 32.2. The van der Waals surface area contributed by atoms with Crippen molar-refractivity contribution in [1.82, 2.24) is 15.0 Å². The number of aliphatic carboxylic acids is 1. The summed E-state index contributed by atoms with van der Waals surface area (Å²) >= 11 is 0. The summed E-state index contributed by atoms with van der Waals surface area (Å²) < 4.78 is 64.3. The number of nitrogens with one attached hydrogen (secondary N) is 3. The van der Waals surface area contributed by atoms with E-state index >= 15 is 0 Å². The number of carboxylic acid groups (broad SMARTS) is 1. The number of nitrogens with zero attached hydrogens (tertiary/aromatic N) is 5. The maximum absolute atomic E-state index is 12.2. The van der Waals surface area contributed by atoms with Crippen LogP contribution in [0.4, 0.5) is 34.6 Å². The van der Waals surface area contributed by atoms with Gasteiger partial charge < -0.3 is 30.7 Å². The van der Waals surface area contributed by atoms with Gasteiger partial charge in [0, 0.05) is 18.4 Å². The van der Waals surface area contributed by atoms with Gasteiger partial charge in [-0.25, -0.2) is 8.42 Å². The normalized spacial score (nSPS) is 11.6. The standard InChI is InChI=1S/C30H28N8O10S2/c1-16-4-8-19(9-5-16)48-30-34-28(31-12-2-3-25(40)41)33-29(35-30)32-23-15-20(50(45,46)47)13-17-6-10-21(27(42)26(17)23)36-37-22-14-18(38-49(43)44)7-11-24(22)39/h4-11,13-15,39,42,49H,2-3,12H2,1H3,(H,40,41)(H,38,43,44)(H,45,46,47)(H2,31,32,33,34,35). The average Bonchev–Trinajstić information content (AvgIpc) is 3.04. The van der Waals surface area contributed by atoms with Crippen molar-refractivity contribution in [3.8, 4) is 23.3 Å². The largest absolute Gasteiger partial charge is 0.506 e. The van der Waals surface area contributed by atoms with Gasteiger partial charge >= 0.3 is 12.0 Å². The minimum absolute atomic E-state index is 0.00535. The average molecular weight is 725 g/mol. The molecule has 4 aromatic carbocycles. The number of thiol groups is 1. The topological polar surface area (TPSA) is 275 Å². The maximum atomic E-state index is 12.2. The third-order valence-corrected chi connectivity index (χ3v) is 8.02. The van der Waals surface area contributed by atoms with E-state index in [1.54, 1.807) is 24.3 Å². The number of aryl methyl sites for hydroxylation is 1. The van der Waals surface area contributed by atoms with Gasteiger partial charge in [-0.1, -0.05) is 23.8 Å². The van der Waals surface area contributed by atoms with Crippen LogP contribution in [0.1, 0.15) is 18.4 Å². The van der Waals surface area contributed by atoms with Crippen molar-refractivity contribution in [2.75, 3.05) is 21.9 Å². The van der Waals surface area contributed by atoms with Gasteiger partial charge in [-0.15, -0.1) is 10.2 Å². The third-order valence-electron chi connectivity index (χ3n) is 6.74. The molecule has 0 aliphatic rings. The summed E-state index contributed by atoms with van der Waals surface area (Å²) in [5, 5.41) is 44.3. The van der Waals surface area contributed by atoms with Crippen molar-refractivity contribution in [1.29, 1.82) is 0 Å². The van der Waals surface area contributed by atoms with Gasteiger partial charge in [-0.2, -0.15) is 23.4 Å². The number of azo groups is 1. The number of ether oxygens (including phenoxy) is 1. The number of aromatic nitrogens is 3. The van der Waals surface area contributed by atoms with Gasteiger partial charge in [0.2, 0.25) is 22.8 Å². The smallest absolute Gasteiger partial charge is 0.328 e. The van der Waals surface area contributed by atoms with Gasteiger partial charge in [-0.3, -0.25) is 14.1 Å². The van der Waals surface area contributed by atoms with Crippen LogP contribution in [0, 0.1) is 6.92 Å². The molecule has 0 aliphatic carbocycles. The first-order valence-electron chi connectivity index (χ1n) is 14.4. The second-order valence-corrected chi connectivity index (χ2v) is 12.6. The summed E-state index contributed by atoms with van der Waals surface area (Å²) in [6.45, 7) is 2.06. The molecule has 260 valence electrons. The fraction of sp³-hybridized carbons (Fsp3) is 0.133. The van der Waals surface area contributed by atoms with E-state index in [0.29, 0.717) is 5.75 Å². The number of carboxylic acids is 1. The zero-order chi connectivity index (χ0) is 36.0. The molecule has 0 unspecified atom stereocenters. The number of hydrogen-bond acceptors (Lipinski definition) is 15. The number of benzene rings is 4. The van der Waals surface area contributed by atoms with E-state index in [2.05, 4.69) is 40.5 Å². The highest BCUT2D eigenvalue weighted by Crippen LogP contribution is 2.42. The molecule has 0 radical (unpaired) electrons. The van der Waals surface area contributed by atoms with Crippen molar-refractivity contribution in [3.05, 3.63) is 72.3 Å². The van der Waals surface area contributed by atoms with E-state index in [1.807, 2.05) is 6.92 Å². The van der Waals surface area contributed by atoms with Crippen LogP contribution < -0.4 is 20.1 Å². The Balaban J connectivity index is 1.57. The van der Waals surface area contributed by atoms with Crippen molar-refractivity contribution in [2.24, 2.45) is 10.2 Å². The van der Waals surface area contributed by atoms with Crippen LogP contribution in [0.2, 0.25) is 0 Å². The summed E-state index contributed by atoms with van der Waals surface area (Å²) in [5.74, 6) is -1.69. The van der Waals surface area contributed by atoms with Gasteiger partial charge in [0.15, 0.2) is 5.75 Å². The second kappa shape index (κ2) is 15.0. The van der Waals surface area contributed by atoms with Gasteiger partial charge in [0.1, 0.15) is 22.9 Å². The molecule has 18 nitrogen and oxygen atoms in total. The van der Waals surface area contributed by atoms with Crippen LogP contribution in [0.5, 0.6) is 23.3 Å². The summed E-state index contributed by atoms with van der Waals surface area (Å²) in [6.07, 6.45) is 0.119. The molecule has 7 N–H and O–H groups in total. The summed E-state index contributed by atoms with van der Waals surface area (Å²) in [7, 11) is -7.75. The molecule has 0 saturated heterocycles. The fourth-order valence-corrected chi connectivity index (χ4v) is 5.32. The second-order valence-electron chi connectivity index (χ2n) is 10.5. The van der Waals surface area contributed by atoms with E-state index in [-0.39, 0.29) is 76.6 Å². The number of phenols is 2. The molecule has 0 saturated carbocycles. The van der Waals surface area contributed by atoms with Gasteiger partial charge in [0.25, 0.3) is 10.1 Å². The van der Waals surface area contributed by atoms with Crippen LogP contribution in [0.25, 0.3) is 10.8 Å². The number of hydrogen-bond donors (Lipinski definition) is 8. The Kier molecular flexibility index (Phi) is 10.5. The predicted molar refractivity (Wildman–Crippen MR) is 181 cm³/mol. The van der Waals surface area contributed by atoms with E-state index in [0.717, 1.165) is 17.7 Å². The Bertz CT molecular complexity index is 2290. The Morgan fingerprint density at radius 3 is 2.34 bits per heavy atom. The van der Waals surface area contributed by atoms with Gasteiger partial charge in [-0.05, 0) is 67.3 Å².